The van der Waals surface area contributed by atoms with E-state index < -0.39 is 0 Å². The van der Waals surface area contributed by atoms with Gasteiger partial charge in [0.1, 0.15) is 5.75 Å². The van der Waals surface area contributed by atoms with Crippen LogP contribution in [0.1, 0.15) is 6.92 Å². The number of carbonyl (C=O) groups is 2. The van der Waals surface area contributed by atoms with Gasteiger partial charge in [0.15, 0.2) is 0 Å². The Morgan fingerprint density at radius 2 is 1.74 bits per heavy atom. The fourth-order valence-electron chi connectivity index (χ4n) is 1.38. The molecule has 0 spiro atoms. The Morgan fingerprint density at radius 3 is 2.32 bits per heavy atom. The van der Waals surface area contributed by atoms with E-state index >= 15 is 0 Å². The lowest BCUT2D eigenvalue weighted by molar-refractivity contribution is -0.119. The number of anilines is 1. The van der Waals surface area contributed by atoms with Gasteiger partial charge in [0.2, 0.25) is 11.8 Å². The normalized spacial score (nSPS) is 9.79. The van der Waals surface area contributed by atoms with Crippen molar-refractivity contribution in [2.45, 2.75) is 6.92 Å². The summed E-state index contributed by atoms with van der Waals surface area (Å²) >= 11 is 0. The van der Waals surface area contributed by atoms with Gasteiger partial charge >= 0.3 is 0 Å². The van der Waals surface area contributed by atoms with Crippen molar-refractivity contribution in [3.05, 3.63) is 24.3 Å². The van der Waals surface area contributed by atoms with Crippen LogP contribution in [-0.2, 0) is 9.59 Å². The molecule has 2 amide bonds. The van der Waals surface area contributed by atoms with Crippen molar-refractivity contribution in [1.82, 2.24) is 10.6 Å². The molecule has 0 fully saturated rings. The summed E-state index contributed by atoms with van der Waals surface area (Å²) in [5, 5.41) is 7.91. The van der Waals surface area contributed by atoms with Gasteiger partial charge in [-0.15, -0.1) is 0 Å². The van der Waals surface area contributed by atoms with Gasteiger partial charge in [-0.3, -0.25) is 14.9 Å². The van der Waals surface area contributed by atoms with Crippen molar-refractivity contribution in [3.8, 4) is 5.75 Å². The van der Waals surface area contributed by atoms with Gasteiger partial charge in [-0.05, 0) is 31.2 Å². The van der Waals surface area contributed by atoms with E-state index in [0.29, 0.717) is 12.3 Å². The zero-order valence-electron chi connectivity index (χ0n) is 11.2. The van der Waals surface area contributed by atoms with E-state index in [1.54, 1.807) is 31.3 Å². The van der Waals surface area contributed by atoms with E-state index in [9.17, 15) is 9.59 Å². The second kappa shape index (κ2) is 8.10. The quantitative estimate of drug-likeness (QED) is 0.665. The van der Waals surface area contributed by atoms with Gasteiger partial charge in [0.25, 0.3) is 0 Å². The molecule has 0 heterocycles. The maximum atomic E-state index is 11.6. The highest BCUT2D eigenvalue weighted by atomic mass is 16.5. The third kappa shape index (κ3) is 5.87. The summed E-state index contributed by atoms with van der Waals surface area (Å²) in [7, 11) is 1.55. The topological polar surface area (TPSA) is 79.5 Å². The van der Waals surface area contributed by atoms with Crippen LogP contribution in [-0.4, -0.2) is 38.6 Å². The van der Waals surface area contributed by atoms with Gasteiger partial charge in [0, 0.05) is 12.7 Å². The van der Waals surface area contributed by atoms with E-state index in [-0.39, 0.29) is 24.9 Å². The molecule has 0 saturated heterocycles. The molecule has 0 saturated carbocycles. The molecule has 1 rings (SSSR count). The number of rotatable bonds is 7. The van der Waals surface area contributed by atoms with E-state index in [0.717, 1.165) is 5.75 Å². The number of likely N-dealkylation sites (N-methyl/N-ethyl adjacent to an activating group) is 1. The zero-order valence-corrected chi connectivity index (χ0v) is 11.2. The summed E-state index contributed by atoms with van der Waals surface area (Å²) in [5.41, 5.74) is 0.690. The van der Waals surface area contributed by atoms with Gasteiger partial charge in [-0.2, -0.15) is 0 Å². The van der Waals surface area contributed by atoms with Crippen LogP contribution in [0.5, 0.6) is 5.75 Å². The monoisotopic (exact) mass is 265 g/mol. The number of hydrogen-bond acceptors (Lipinski definition) is 4. The molecule has 1 aromatic rings. The number of nitrogens with one attached hydrogen (secondary N) is 3. The van der Waals surface area contributed by atoms with Crippen molar-refractivity contribution in [3.63, 3.8) is 0 Å². The number of benzene rings is 1. The molecule has 0 atom stereocenters. The Morgan fingerprint density at radius 1 is 1.11 bits per heavy atom. The van der Waals surface area contributed by atoms with Gasteiger partial charge in [0.05, 0.1) is 19.7 Å². The maximum Gasteiger partial charge on any atom is 0.238 e. The summed E-state index contributed by atoms with van der Waals surface area (Å²) in [6, 6.07) is 7.11. The summed E-state index contributed by atoms with van der Waals surface area (Å²) in [4.78, 5) is 22.5. The molecular weight excluding hydrogens is 246 g/mol. The molecule has 3 N–H and O–H groups in total. The van der Waals surface area contributed by atoms with Gasteiger partial charge in [-0.1, -0.05) is 0 Å². The molecule has 104 valence electrons. The number of ether oxygens (including phenoxy) is 1. The third-order valence-electron chi connectivity index (χ3n) is 2.30. The molecule has 0 aliphatic rings. The molecule has 0 bridgehead atoms. The van der Waals surface area contributed by atoms with E-state index in [4.69, 9.17) is 4.74 Å². The van der Waals surface area contributed by atoms with Crippen molar-refractivity contribution in [2.75, 3.05) is 32.1 Å². The first-order chi connectivity index (χ1) is 9.15. The van der Waals surface area contributed by atoms with Gasteiger partial charge < -0.3 is 15.4 Å². The molecule has 0 aliphatic heterocycles. The first-order valence-corrected chi connectivity index (χ1v) is 6.09. The Bertz CT molecular complexity index is 418. The maximum absolute atomic E-state index is 11.6. The minimum absolute atomic E-state index is 0.0840. The van der Waals surface area contributed by atoms with Crippen LogP contribution in [0.3, 0.4) is 0 Å². The Labute approximate surface area is 112 Å². The molecule has 1 aromatic carbocycles. The van der Waals surface area contributed by atoms with E-state index in [2.05, 4.69) is 16.0 Å². The average molecular weight is 265 g/mol. The summed E-state index contributed by atoms with van der Waals surface area (Å²) in [6.07, 6.45) is 0. The van der Waals surface area contributed by atoms with Crippen molar-refractivity contribution in [2.24, 2.45) is 0 Å². The lowest BCUT2D eigenvalue weighted by atomic mass is 10.3. The highest BCUT2D eigenvalue weighted by Gasteiger charge is 2.03. The molecule has 19 heavy (non-hydrogen) atoms. The highest BCUT2D eigenvalue weighted by Crippen LogP contribution is 2.15. The largest absolute Gasteiger partial charge is 0.494 e. The zero-order chi connectivity index (χ0) is 14.1. The number of carbonyl (C=O) groups excluding carboxylic acids is 2. The first kappa shape index (κ1) is 15.0. The minimum atomic E-state index is -0.201. The molecule has 0 aliphatic carbocycles. The van der Waals surface area contributed by atoms with Crippen LogP contribution in [0.25, 0.3) is 0 Å². The minimum Gasteiger partial charge on any atom is -0.494 e. The standard InChI is InChI=1S/C13H19N3O3/c1-3-19-11-6-4-10(5-7-11)16-13(18)9-15-8-12(17)14-2/h4-7,15H,3,8-9H2,1-2H3,(H,14,17)(H,16,18). The molecule has 0 radical (unpaired) electrons. The fraction of sp³-hybridized carbons (Fsp3) is 0.385. The van der Waals surface area contributed by atoms with Crippen LogP contribution in [0, 0.1) is 0 Å². The fourth-order valence-corrected chi connectivity index (χ4v) is 1.38. The Hall–Kier alpha value is -2.08. The second-order valence-corrected chi connectivity index (χ2v) is 3.78. The summed E-state index contributed by atoms with van der Waals surface area (Å²) < 4.78 is 5.30. The van der Waals surface area contributed by atoms with E-state index in [1.807, 2.05) is 6.92 Å². The van der Waals surface area contributed by atoms with Crippen LogP contribution in [0.15, 0.2) is 24.3 Å². The SMILES string of the molecule is CCOc1ccc(NC(=O)CNCC(=O)NC)cc1. The molecular formula is C13H19N3O3. The van der Waals surface area contributed by atoms with Gasteiger partial charge in [-0.25, -0.2) is 0 Å². The van der Waals surface area contributed by atoms with Crippen LogP contribution >= 0.6 is 0 Å². The molecule has 6 heteroatoms. The lowest BCUT2D eigenvalue weighted by Crippen LogP contribution is -2.36. The molecule has 0 aromatic heterocycles. The lowest BCUT2D eigenvalue weighted by Gasteiger charge is -2.07. The number of amides is 2. The van der Waals surface area contributed by atoms with Crippen LogP contribution in [0.4, 0.5) is 5.69 Å². The summed E-state index contributed by atoms with van der Waals surface area (Å²) in [6.45, 7) is 2.72. The summed E-state index contributed by atoms with van der Waals surface area (Å²) in [5.74, 6) is 0.403. The van der Waals surface area contributed by atoms with E-state index in [1.165, 1.54) is 0 Å². The van der Waals surface area contributed by atoms with Crippen molar-refractivity contribution >= 4 is 17.5 Å². The highest BCUT2D eigenvalue weighted by molar-refractivity contribution is 5.92. The number of hydrogen-bond donors (Lipinski definition) is 3. The van der Waals surface area contributed by atoms with Crippen molar-refractivity contribution in [1.29, 1.82) is 0 Å². The average Bonchev–Trinajstić information content (AvgIpc) is 2.41. The second-order valence-electron chi connectivity index (χ2n) is 3.78. The first-order valence-electron chi connectivity index (χ1n) is 6.09. The van der Waals surface area contributed by atoms with Crippen molar-refractivity contribution < 1.29 is 14.3 Å². The molecule has 0 unspecified atom stereocenters. The third-order valence-corrected chi connectivity index (χ3v) is 2.30. The van der Waals surface area contributed by atoms with Crippen LogP contribution in [0.2, 0.25) is 0 Å². The Kier molecular flexibility index (Phi) is 6.38. The molecule has 6 nitrogen and oxygen atoms in total. The smallest absolute Gasteiger partial charge is 0.238 e. The Balaban J connectivity index is 2.33. The predicted molar refractivity (Wildman–Crippen MR) is 73.2 cm³/mol. The predicted octanol–water partition coefficient (Wildman–Crippen LogP) is 0.359. The van der Waals surface area contributed by atoms with Crippen LogP contribution < -0.4 is 20.7 Å².